The number of hydrogen-bond acceptors (Lipinski definition) is 4. The number of rotatable bonds is 6. The highest BCUT2D eigenvalue weighted by molar-refractivity contribution is 6.23. The van der Waals surface area contributed by atoms with E-state index < -0.39 is 0 Å². The van der Waals surface area contributed by atoms with Gasteiger partial charge in [-0.05, 0) is 51.2 Å². The Morgan fingerprint density at radius 2 is 0.895 bits per heavy atom. The predicted molar refractivity (Wildman–Crippen MR) is 235 cm³/mol. The topological polar surface area (TPSA) is 51.8 Å². The van der Waals surface area contributed by atoms with Gasteiger partial charge in [-0.2, -0.15) is 0 Å². The van der Waals surface area contributed by atoms with Gasteiger partial charge in [-0.3, -0.25) is 0 Å². The molecule has 0 spiro atoms. The minimum absolute atomic E-state index is 0.662. The standard InChI is InChI=1S/C53H33N3O/c1-3-13-34(14-4-1)35-25-27-38(28-26-35)47-33-46(37-16-5-2-6-17-37)55-53(56-47)40-31-29-39(30-32-40)51-50-44-20-9-10-24-48(44)57-52(50)49-43(22-12-23-45(49)54-51)42-21-11-18-36-15-7-8-19-41(36)42/h1-33H. The molecule has 11 aromatic rings. The summed E-state index contributed by atoms with van der Waals surface area (Å²) in [6, 6.07) is 69.5. The minimum atomic E-state index is 0.662. The zero-order valence-corrected chi connectivity index (χ0v) is 30.8. The molecule has 0 fully saturated rings. The van der Waals surface area contributed by atoms with E-state index in [0.29, 0.717) is 5.82 Å². The zero-order chi connectivity index (χ0) is 37.7. The van der Waals surface area contributed by atoms with E-state index in [-0.39, 0.29) is 0 Å². The van der Waals surface area contributed by atoms with Crippen LogP contribution in [0.3, 0.4) is 0 Å². The minimum Gasteiger partial charge on any atom is -0.455 e. The van der Waals surface area contributed by atoms with Crippen LogP contribution in [0.5, 0.6) is 0 Å². The molecule has 0 amide bonds. The average Bonchev–Trinajstić information content (AvgIpc) is 3.69. The predicted octanol–water partition coefficient (Wildman–Crippen LogP) is 14.1. The first kappa shape index (κ1) is 32.7. The Bertz CT molecular complexity index is 3260. The number of para-hydroxylation sites is 1. The molecule has 0 radical (unpaired) electrons. The van der Waals surface area contributed by atoms with Crippen molar-refractivity contribution < 1.29 is 4.42 Å². The van der Waals surface area contributed by atoms with Crippen LogP contribution in [0.25, 0.3) is 111 Å². The van der Waals surface area contributed by atoms with Crippen LogP contribution in [-0.2, 0) is 0 Å². The molecule has 57 heavy (non-hydrogen) atoms. The van der Waals surface area contributed by atoms with Gasteiger partial charge in [0, 0.05) is 27.6 Å². The maximum atomic E-state index is 6.78. The molecule has 8 aromatic carbocycles. The third-order valence-electron chi connectivity index (χ3n) is 10.9. The molecule has 0 saturated heterocycles. The molecule has 0 unspecified atom stereocenters. The highest BCUT2D eigenvalue weighted by Gasteiger charge is 2.21. The summed E-state index contributed by atoms with van der Waals surface area (Å²) in [6.07, 6.45) is 0. The van der Waals surface area contributed by atoms with Crippen LogP contribution in [0.2, 0.25) is 0 Å². The number of aromatic nitrogens is 3. The summed E-state index contributed by atoms with van der Waals surface area (Å²) in [5.74, 6) is 0.662. The monoisotopic (exact) mass is 727 g/mol. The van der Waals surface area contributed by atoms with E-state index in [0.717, 1.165) is 83.3 Å². The molecular formula is C53H33N3O. The maximum absolute atomic E-state index is 6.78. The van der Waals surface area contributed by atoms with Gasteiger partial charge >= 0.3 is 0 Å². The van der Waals surface area contributed by atoms with Gasteiger partial charge in [0.25, 0.3) is 0 Å². The lowest BCUT2D eigenvalue weighted by molar-refractivity contribution is 0.672. The van der Waals surface area contributed by atoms with E-state index in [2.05, 4.69) is 164 Å². The summed E-state index contributed by atoms with van der Waals surface area (Å²) in [6.45, 7) is 0. The molecule has 3 aromatic heterocycles. The maximum Gasteiger partial charge on any atom is 0.160 e. The van der Waals surface area contributed by atoms with Crippen molar-refractivity contribution in [2.24, 2.45) is 0 Å². The molecule has 0 atom stereocenters. The first-order chi connectivity index (χ1) is 28.2. The summed E-state index contributed by atoms with van der Waals surface area (Å²) in [4.78, 5) is 15.7. The third kappa shape index (κ3) is 5.74. The third-order valence-corrected chi connectivity index (χ3v) is 10.9. The fraction of sp³-hybridized carbons (Fsp3) is 0. The van der Waals surface area contributed by atoms with Crippen molar-refractivity contribution in [3.63, 3.8) is 0 Å². The van der Waals surface area contributed by atoms with E-state index in [4.69, 9.17) is 19.4 Å². The average molecular weight is 728 g/mol. The zero-order valence-electron chi connectivity index (χ0n) is 30.8. The van der Waals surface area contributed by atoms with E-state index in [1.165, 1.54) is 21.9 Å². The van der Waals surface area contributed by atoms with E-state index in [1.807, 2.05) is 36.4 Å². The lowest BCUT2D eigenvalue weighted by Crippen LogP contribution is -1.96. The second kappa shape index (κ2) is 13.6. The molecule has 0 aliphatic heterocycles. The number of hydrogen-bond donors (Lipinski definition) is 0. The van der Waals surface area contributed by atoms with Crippen LogP contribution in [0.4, 0.5) is 0 Å². The van der Waals surface area contributed by atoms with Gasteiger partial charge in [-0.25, -0.2) is 15.0 Å². The van der Waals surface area contributed by atoms with Crippen molar-refractivity contribution in [3.05, 3.63) is 200 Å². The van der Waals surface area contributed by atoms with Crippen LogP contribution in [0.1, 0.15) is 0 Å². The Kier molecular flexibility index (Phi) is 7.78. The van der Waals surface area contributed by atoms with Crippen molar-refractivity contribution in [3.8, 4) is 67.4 Å². The largest absolute Gasteiger partial charge is 0.455 e. The number of pyridine rings is 1. The van der Waals surface area contributed by atoms with Crippen LogP contribution in [-0.4, -0.2) is 15.0 Å². The molecule has 4 heteroatoms. The normalized spacial score (nSPS) is 11.5. The van der Waals surface area contributed by atoms with Gasteiger partial charge in [-0.15, -0.1) is 0 Å². The van der Waals surface area contributed by atoms with Gasteiger partial charge in [0.2, 0.25) is 0 Å². The molecular weight excluding hydrogens is 695 g/mol. The highest BCUT2D eigenvalue weighted by atomic mass is 16.3. The second-order valence-corrected chi connectivity index (χ2v) is 14.3. The van der Waals surface area contributed by atoms with Crippen LogP contribution >= 0.6 is 0 Å². The van der Waals surface area contributed by atoms with Gasteiger partial charge in [0.15, 0.2) is 5.82 Å². The van der Waals surface area contributed by atoms with E-state index in [1.54, 1.807) is 0 Å². The molecule has 0 N–H and O–H groups in total. The Morgan fingerprint density at radius 3 is 1.67 bits per heavy atom. The van der Waals surface area contributed by atoms with Gasteiger partial charge < -0.3 is 4.42 Å². The fourth-order valence-electron chi connectivity index (χ4n) is 8.12. The Balaban J connectivity index is 1.05. The van der Waals surface area contributed by atoms with Gasteiger partial charge in [0.05, 0.1) is 33.4 Å². The molecule has 0 bridgehead atoms. The molecule has 3 heterocycles. The Hall–Kier alpha value is -7.69. The SMILES string of the molecule is c1ccc(-c2ccc(-c3cc(-c4ccccc4)nc(-c4ccc(-c5nc6cccc(-c7cccc8ccccc78)c6c6oc7ccccc7c56)cc4)n3)cc2)cc1. The van der Waals surface area contributed by atoms with E-state index >= 15 is 0 Å². The number of nitrogens with zero attached hydrogens (tertiary/aromatic N) is 3. The number of fused-ring (bicyclic) bond motifs is 6. The summed E-state index contributed by atoms with van der Waals surface area (Å²) < 4.78 is 6.78. The summed E-state index contributed by atoms with van der Waals surface area (Å²) >= 11 is 0. The Morgan fingerprint density at radius 1 is 0.351 bits per heavy atom. The molecule has 0 aliphatic rings. The van der Waals surface area contributed by atoms with Crippen LogP contribution in [0, 0.1) is 0 Å². The Labute approximate surface area is 329 Å². The summed E-state index contributed by atoms with van der Waals surface area (Å²) in [7, 11) is 0. The fourth-order valence-corrected chi connectivity index (χ4v) is 8.12. The smallest absolute Gasteiger partial charge is 0.160 e. The lowest BCUT2D eigenvalue weighted by Gasteiger charge is -2.13. The molecule has 0 saturated carbocycles. The summed E-state index contributed by atoms with van der Waals surface area (Å²) in [5.41, 5.74) is 13.8. The van der Waals surface area contributed by atoms with Crippen molar-refractivity contribution in [2.75, 3.05) is 0 Å². The molecule has 0 aliphatic carbocycles. The number of furan rings is 1. The van der Waals surface area contributed by atoms with Gasteiger partial charge in [0.1, 0.15) is 11.2 Å². The molecule has 266 valence electrons. The van der Waals surface area contributed by atoms with Crippen molar-refractivity contribution in [1.29, 1.82) is 0 Å². The quantitative estimate of drug-likeness (QED) is 0.171. The first-order valence-electron chi connectivity index (χ1n) is 19.2. The van der Waals surface area contributed by atoms with E-state index in [9.17, 15) is 0 Å². The van der Waals surface area contributed by atoms with Crippen LogP contribution in [0.15, 0.2) is 205 Å². The van der Waals surface area contributed by atoms with Gasteiger partial charge in [-0.1, -0.05) is 182 Å². The van der Waals surface area contributed by atoms with Crippen LogP contribution < -0.4 is 0 Å². The first-order valence-corrected chi connectivity index (χ1v) is 19.2. The van der Waals surface area contributed by atoms with Crippen molar-refractivity contribution >= 4 is 43.6 Å². The molecule has 4 nitrogen and oxygen atoms in total. The highest BCUT2D eigenvalue weighted by Crippen LogP contribution is 2.44. The van der Waals surface area contributed by atoms with Crippen molar-refractivity contribution in [2.45, 2.75) is 0 Å². The number of benzene rings is 8. The molecule has 11 rings (SSSR count). The van der Waals surface area contributed by atoms with Crippen molar-refractivity contribution in [1.82, 2.24) is 15.0 Å². The lowest BCUT2D eigenvalue weighted by atomic mass is 9.93. The summed E-state index contributed by atoms with van der Waals surface area (Å²) in [5, 5.41) is 5.44. The second-order valence-electron chi connectivity index (χ2n) is 14.3.